The van der Waals surface area contributed by atoms with E-state index in [1.807, 2.05) is 26.0 Å². The summed E-state index contributed by atoms with van der Waals surface area (Å²) in [6.45, 7) is 7.36. The lowest BCUT2D eigenvalue weighted by atomic mass is 9.72. The highest BCUT2D eigenvalue weighted by Crippen LogP contribution is 2.41. The van der Waals surface area contributed by atoms with E-state index in [9.17, 15) is 62.5 Å². The molecule has 25 heteroatoms. The van der Waals surface area contributed by atoms with Crippen LogP contribution in [0.1, 0.15) is 68.3 Å². The van der Waals surface area contributed by atoms with Crippen molar-refractivity contribution in [1.29, 1.82) is 5.26 Å². The second-order valence-electron chi connectivity index (χ2n) is 20.3. The number of benzene rings is 1. The molecule has 1 aromatic carbocycles. The molecular formula is C53H71F4N11O10. The van der Waals surface area contributed by atoms with E-state index in [4.69, 9.17) is 4.74 Å². The molecule has 3 saturated heterocycles. The van der Waals surface area contributed by atoms with Crippen molar-refractivity contribution in [3.05, 3.63) is 76.6 Å². The zero-order valence-electron chi connectivity index (χ0n) is 44.2. The number of rotatable bonds is 21. The van der Waals surface area contributed by atoms with Crippen molar-refractivity contribution in [1.82, 2.24) is 45.4 Å². The minimum Gasteiger partial charge on any atom is -0.497 e. The van der Waals surface area contributed by atoms with Crippen LogP contribution in [-0.4, -0.2) is 217 Å². The van der Waals surface area contributed by atoms with Crippen LogP contribution in [0.25, 0.3) is 5.57 Å². The molecule has 0 spiro atoms. The fourth-order valence-electron chi connectivity index (χ4n) is 10.4. The number of carbonyl (C=O) groups is 6. The van der Waals surface area contributed by atoms with Gasteiger partial charge in [-0.2, -0.15) is 18.4 Å². The number of pyridine rings is 1. The summed E-state index contributed by atoms with van der Waals surface area (Å²) in [6.07, 6.45) is 1.99. The summed E-state index contributed by atoms with van der Waals surface area (Å²) in [5, 5.41) is 47.1. The van der Waals surface area contributed by atoms with Crippen LogP contribution in [0.2, 0.25) is 0 Å². The Balaban J connectivity index is 1.02. The minimum absolute atomic E-state index is 0.0239. The number of allylic oxidation sites excluding steroid dienone is 4. The van der Waals surface area contributed by atoms with Crippen LogP contribution < -0.4 is 20.9 Å². The molecule has 78 heavy (non-hydrogen) atoms. The Morgan fingerprint density at radius 3 is 1.91 bits per heavy atom. The first-order chi connectivity index (χ1) is 37.2. The highest BCUT2D eigenvalue weighted by molar-refractivity contribution is 5.89. The van der Waals surface area contributed by atoms with Crippen molar-refractivity contribution >= 4 is 46.9 Å². The smallest absolute Gasteiger partial charge is 0.416 e. The molecule has 426 valence electrons. The van der Waals surface area contributed by atoms with Crippen molar-refractivity contribution in [3.63, 3.8) is 0 Å². The Bertz CT molecular complexity index is 2540. The predicted molar refractivity (Wildman–Crippen MR) is 277 cm³/mol. The Labute approximate surface area is 450 Å². The van der Waals surface area contributed by atoms with Crippen molar-refractivity contribution < 1.29 is 66.4 Å². The van der Waals surface area contributed by atoms with E-state index in [0.717, 1.165) is 12.1 Å². The minimum atomic E-state index is -4.65. The van der Waals surface area contributed by atoms with Gasteiger partial charge >= 0.3 is 24.1 Å². The van der Waals surface area contributed by atoms with Gasteiger partial charge in [-0.15, -0.1) is 0 Å². The monoisotopic (exact) mass is 1100 g/mol. The molecule has 0 saturated carbocycles. The molecule has 6 N–H and O–H groups in total. The number of hydrogen-bond acceptors (Lipinski definition) is 15. The summed E-state index contributed by atoms with van der Waals surface area (Å²) < 4.78 is 62.9. The number of carbonyl (C=O) groups excluding carboxylic acids is 3. The standard InChI is InChI=1S/C53H71F4N11O10/c1-3-78-44-26-36(2)4-6-41(44)50-42(54)28-39(30-61-50)52(10-15-68(16-11-52)43-7-5-38(53(55,56)57)27-37(43)29-58)51(77)62-40-9-14-63(31-40)17-13-60-45(69)8-12-59-46(70)32-64-18-20-65(33-47(71)72)22-24-67(35-49(75)76)25-23-66(21-19-64)34-48(73)74/h4-7,27-28,30,36,40H,3,8-26,31-35H2,1-2H3,(H,59,70)(H,60,69)(H,62,77)(H,71,72)(H,73,74)(H,75,76)/t36?,40-/m0/s1. The number of anilines is 1. The molecule has 2 aromatic rings. The number of ether oxygens (including phenoxy) is 1. The predicted octanol–water partition coefficient (Wildman–Crippen LogP) is 2.28. The Hall–Kier alpha value is -6.72. The topological polar surface area (TPSA) is 265 Å². The number of likely N-dealkylation sites (tertiary alicyclic amines) is 1. The highest BCUT2D eigenvalue weighted by atomic mass is 19.4. The Morgan fingerprint density at radius 1 is 0.795 bits per heavy atom. The van der Waals surface area contributed by atoms with Gasteiger partial charge < -0.3 is 40.9 Å². The van der Waals surface area contributed by atoms with Gasteiger partial charge in [-0.25, -0.2) is 4.39 Å². The van der Waals surface area contributed by atoms with E-state index in [2.05, 4.69) is 25.8 Å². The molecule has 2 atom stereocenters. The number of hydrogen-bond donors (Lipinski definition) is 6. The molecule has 1 unspecified atom stereocenters. The van der Waals surface area contributed by atoms with Crippen molar-refractivity contribution in [2.75, 3.05) is 136 Å². The van der Waals surface area contributed by atoms with E-state index >= 15 is 4.39 Å². The normalized spacial score (nSPS) is 20.5. The maximum absolute atomic E-state index is 16.4. The quantitative estimate of drug-likeness (QED) is 0.0980. The molecule has 3 aliphatic heterocycles. The number of aliphatic carboxylic acids is 3. The molecule has 21 nitrogen and oxygen atoms in total. The van der Waals surface area contributed by atoms with Crippen LogP contribution in [0.4, 0.5) is 23.2 Å². The molecule has 1 aliphatic carbocycles. The van der Waals surface area contributed by atoms with Gasteiger partial charge in [-0.1, -0.05) is 19.1 Å². The first-order valence-corrected chi connectivity index (χ1v) is 26.3. The third-order valence-corrected chi connectivity index (χ3v) is 14.6. The van der Waals surface area contributed by atoms with Crippen LogP contribution in [-0.2, 0) is 45.1 Å². The largest absolute Gasteiger partial charge is 0.497 e. The summed E-state index contributed by atoms with van der Waals surface area (Å²) in [6, 6.07) is 5.89. The molecule has 4 aliphatic rings. The third-order valence-electron chi connectivity index (χ3n) is 14.6. The van der Waals surface area contributed by atoms with Gasteiger partial charge in [0, 0.05) is 129 Å². The molecular weight excluding hydrogens is 1030 g/mol. The van der Waals surface area contributed by atoms with Crippen LogP contribution in [0.5, 0.6) is 0 Å². The summed E-state index contributed by atoms with van der Waals surface area (Å²) in [5.41, 5.74) is -1.17. The molecule has 1 aromatic heterocycles. The summed E-state index contributed by atoms with van der Waals surface area (Å²) in [4.78, 5) is 90.6. The molecule has 0 bridgehead atoms. The number of piperidine rings is 1. The zero-order valence-corrected chi connectivity index (χ0v) is 44.2. The van der Waals surface area contributed by atoms with Gasteiger partial charge in [-0.3, -0.25) is 58.3 Å². The van der Waals surface area contributed by atoms with Crippen molar-refractivity contribution in [2.24, 2.45) is 5.92 Å². The number of alkyl halides is 3. The van der Waals surface area contributed by atoms with Crippen LogP contribution in [0.3, 0.4) is 0 Å². The molecule has 4 heterocycles. The van der Waals surface area contributed by atoms with Gasteiger partial charge in [0.25, 0.3) is 0 Å². The SMILES string of the molecule is CCOC1=C(c2ncc(C3(C(=O)N[C@H]4CCN(CCNC(=O)CCNC(=O)CN5CCN(CC(=O)O)CCN(CC(=O)O)CCN(CC(=O)O)CC5)C4)CCN(c4ccc(C(F)(F)F)cc4C#N)CC3)cc2F)C=CC(C)C1. The number of aromatic nitrogens is 1. The van der Waals surface area contributed by atoms with Gasteiger partial charge in [0.1, 0.15) is 23.3 Å². The first kappa shape index (κ1) is 60.5. The fraction of sp³-hybridized carbons (Fsp3) is 0.585. The van der Waals surface area contributed by atoms with E-state index in [0.29, 0.717) is 61.7 Å². The van der Waals surface area contributed by atoms with Crippen molar-refractivity contribution in [3.8, 4) is 6.07 Å². The number of carboxylic acids is 3. The second-order valence-corrected chi connectivity index (χ2v) is 20.3. The highest BCUT2D eigenvalue weighted by Gasteiger charge is 2.45. The molecule has 0 radical (unpaired) electrons. The molecule has 3 amide bonds. The van der Waals surface area contributed by atoms with Gasteiger partial charge in [0.2, 0.25) is 17.7 Å². The van der Waals surface area contributed by atoms with Gasteiger partial charge in [0.05, 0.1) is 55.0 Å². The van der Waals surface area contributed by atoms with E-state index < -0.39 is 40.9 Å². The van der Waals surface area contributed by atoms with E-state index in [1.54, 1.807) is 30.6 Å². The zero-order chi connectivity index (χ0) is 56.6. The van der Waals surface area contributed by atoms with E-state index in [1.165, 1.54) is 18.3 Å². The van der Waals surface area contributed by atoms with Crippen LogP contribution in [0.15, 0.2) is 48.4 Å². The fourth-order valence-corrected chi connectivity index (χ4v) is 10.4. The average Bonchev–Trinajstić information content (AvgIpc) is 3.85. The third kappa shape index (κ3) is 17.4. The second kappa shape index (κ2) is 28.2. The maximum atomic E-state index is 16.4. The summed E-state index contributed by atoms with van der Waals surface area (Å²) in [5.74, 6) is -4.10. The average molecular weight is 1100 g/mol. The van der Waals surface area contributed by atoms with Gasteiger partial charge in [0.15, 0.2) is 0 Å². The summed E-state index contributed by atoms with van der Waals surface area (Å²) >= 11 is 0. The summed E-state index contributed by atoms with van der Waals surface area (Å²) in [7, 11) is 0. The van der Waals surface area contributed by atoms with Crippen LogP contribution in [0, 0.1) is 23.1 Å². The lowest BCUT2D eigenvalue weighted by molar-refractivity contribution is -0.140. The number of nitrogens with one attached hydrogen (secondary N) is 3. The van der Waals surface area contributed by atoms with Crippen LogP contribution >= 0.6 is 0 Å². The lowest BCUT2D eigenvalue weighted by Crippen LogP contribution is -2.54. The maximum Gasteiger partial charge on any atom is 0.416 e. The lowest BCUT2D eigenvalue weighted by Gasteiger charge is -2.42. The number of nitrogens with zero attached hydrogens (tertiary/aromatic N) is 8. The first-order valence-electron chi connectivity index (χ1n) is 26.3. The van der Waals surface area contributed by atoms with E-state index in [-0.39, 0.29) is 165 Å². The van der Waals surface area contributed by atoms with Crippen molar-refractivity contribution in [2.45, 2.75) is 63.6 Å². The molecule has 3 fully saturated rings. The number of halogens is 4. The van der Waals surface area contributed by atoms with Gasteiger partial charge in [-0.05, 0) is 61.9 Å². The number of nitriles is 1. The number of carboxylic acid groups (broad SMARTS) is 3. The number of amides is 3. The Morgan fingerprint density at radius 2 is 1.37 bits per heavy atom. The molecule has 6 rings (SSSR count). The Kier molecular flexibility index (Phi) is 21.9.